The minimum absolute atomic E-state index is 0.0116. The highest BCUT2D eigenvalue weighted by Crippen LogP contribution is 2.17. The number of alkyl halides is 1. The molecule has 3 N–H and O–H groups in total. The van der Waals surface area contributed by atoms with Crippen LogP contribution in [0.3, 0.4) is 0 Å². The molecule has 1 aromatic rings. The summed E-state index contributed by atoms with van der Waals surface area (Å²) in [5.74, 6) is 0.418. The molecule has 1 fully saturated rings. The van der Waals surface area contributed by atoms with Crippen molar-refractivity contribution in [2.75, 3.05) is 0 Å². The van der Waals surface area contributed by atoms with Gasteiger partial charge in [-0.3, -0.25) is 4.79 Å². The first kappa shape index (κ1) is 13.4. The fourth-order valence-corrected chi connectivity index (χ4v) is 2.49. The minimum atomic E-state index is -0.0116. The number of amides is 1. The number of carbonyl (C=O) groups excluding carboxylic acids is 1. The van der Waals surface area contributed by atoms with E-state index in [0.717, 1.165) is 31.2 Å². The zero-order valence-electron chi connectivity index (χ0n) is 10.4. The third-order valence-electron chi connectivity index (χ3n) is 3.45. The summed E-state index contributed by atoms with van der Waals surface area (Å²) < 4.78 is 0. The van der Waals surface area contributed by atoms with Gasteiger partial charge in [0.05, 0.1) is 0 Å². The molecule has 2 rings (SSSR count). The Labute approximate surface area is 113 Å². The van der Waals surface area contributed by atoms with Gasteiger partial charge in [0.2, 0.25) is 0 Å². The summed E-state index contributed by atoms with van der Waals surface area (Å²) in [6.45, 7) is 0. The predicted octanol–water partition coefficient (Wildman–Crippen LogP) is 2.43. The maximum Gasteiger partial charge on any atom is 0.251 e. The average molecular weight is 267 g/mol. The molecule has 0 atom stereocenters. The minimum Gasteiger partial charge on any atom is -0.349 e. The van der Waals surface area contributed by atoms with E-state index in [1.165, 1.54) is 0 Å². The van der Waals surface area contributed by atoms with E-state index in [1.807, 2.05) is 24.3 Å². The number of hydrogen-bond donors (Lipinski definition) is 2. The highest BCUT2D eigenvalue weighted by Gasteiger charge is 2.20. The number of benzene rings is 1. The van der Waals surface area contributed by atoms with E-state index in [9.17, 15) is 4.79 Å². The Morgan fingerprint density at radius 1 is 1.33 bits per heavy atom. The van der Waals surface area contributed by atoms with Crippen LogP contribution in [0.15, 0.2) is 24.3 Å². The molecule has 98 valence electrons. The lowest BCUT2D eigenvalue weighted by atomic mass is 9.91. The van der Waals surface area contributed by atoms with Crippen molar-refractivity contribution >= 4 is 17.5 Å². The van der Waals surface area contributed by atoms with Gasteiger partial charge in [0, 0.05) is 23.5 Å². The maximum atomic E-state index is 12.1. The van der Waals surface area contributed by atoms with Gasteiger partial charge < -0.3 is 11.1 Å². The number of nitrogens with two attached hydrogens (primary N) is 1. The number of hydrogen-bond acceptors (Lipinski definition) is 2. The van der Waals surface area contributed by atoms with Crippen LogP contribution >= 0.6 is 11.6 Å². The molecule has 1 amide bonds. The first-order valence-corrected chi connectivity index (χ1v) is 6.94. The normalized spacial score (nSPS) is 23.7. The molecule has 1 aromatic carbocycles. The molecular formula is C14H19ClN2O. The molecule has 1 saturated carbocycles. The molecule has 0 saturated heterocycles. The number of carbonyl (C=O) groups is 1. The lowest BCUT2D eigenvalue weighted by molar-refractivity contribution is 0.0926. The molecule has 18 heavy (non-hydrogen) atoms. The van der Waals surface area contributed by atoms with Gasteiger partial charge >= 0.3 is 0 Å². The first-order chi connectivity index (χ1) is 8.69. The predicted molar refractivity (Wildman–Crippen MR) is 73.7 cm³/mol. The quantitative estimate of drug-likeness (QED) is 0.826. The van der Waals surface area contributed by atoms with Crippen molar-refractivity contribution in [3.05, 3.63) is 35.4 Å². The van der Waals surface area contributed by atoms with Crippen LogP contribution in [0.2, 0.25) is 0 Å². The lowest BCUT2D eigenvalue weighted by Crippen LogP contribution is -2.40. The van der Waals surface area contributed by atoms with E-state index < -0.39 is 0 Å². The monoisotopic (exact) mass is 266 g/mol. The van der Waals surface area contributed by atoms with Gasteiger partial charge in [-0.05, 0) is 43.4 Å². The van der Waals surface area contributed by atoms with E-state index in [-0.39, 0.29) is 11.9 Å². The summed E-state index contributed by atoms with van der Waals surface area (Å²) >= 11 is 5.77. The molecular weight excluding hydrogens is 248 g/mol. The Kier molecular flexibility index (Phi) is 4.61. The summed E-state index contributed by atoms with van der Waals surface area (Å²) in [6.07, 6.45) is 3.93. The molecule has 0 unspecified atom stereocenters. The second-order valence-electron chi connectivity index (χ2n) is 4.92. The second-order valence-corrected chi connectivity index (χ2v) is 5.19. The molecule has 0 heterocycles. The van der Waals surface area contributed by atoms with Crippen molar-refractivity contribution in [2.24, 2.45) is 5.73 Å². The van der Waals surface area contributed by atoms with Gasteiger partial charge in [-0.1, -0.05) is 12.1 Å². The van der Waals surface area contributed by atoms with Crippen LogP contribution in [-0.2, 0) is 5.88 Å². The summed E-state index contributed by atoms with van der Waals surface area (Å²) in [7, 11) is 0. The van der Waals surface area contributed by atoms with E-state index in [4.69, 9.17) is 17.3 Å². The van der Waals surface area contributed by atoms with Crippen LogP contribution in [0.25, 0.3) is 0 Å². The van der Waals surface area contributed by atoms with E-state index in [0.29, 0.717) is 17.5 Å². The van der Waals surface area contributed by atoms with Gasteiger partial charge in [0.1, 0.15) is 0 Å². The van der Waals surface area contributed by atoms with Crippen LogP contribution in [-0.4, -0.2) is 18.0 Å². The molecule has 0 aliphatic heterocycles. The van der Waals surface area contributed by atoms with E-state index in [1.54, 1.807) is 0 Å². The molecule has 0 spiro atoms. The third kappa shape index (κ3) is 3.47. The van der Waals surface area contributed by atoms with Gasteiger partial charge in [0.15, 0.2) is 0 Å². The van der Waals surface area contributed by atoms with E-state index in [2.05, 4.69) is 5.32 Å². The molecule has 3 nitrogen and oxygen atoms in total. The zero-order valence-corrected chi connectivity index (χ0v) is 11.1. The molecule has 1 aliphatic rings. The van der Waals surface area contributed by atoms with Gasteiger partial charge in [-0.25, -0.2) is 0 Å². The number of nitrogens with one attached hydrogen (secondary N) is 1. The van der Waals surface area contributed by atoms with Gasteiger partial charge in [-0.2, -0.15) is 0 Å². The Hall–Kier alpha value is -1.06. The molecule has 4 heteroatoms. The summed E-state index contributed by atoms with van der Waals surface area (Å²) in [5.41, 5.74) is 7.50. The van der Waals surface area contributed by atoms with Crippen LogP contribution < -0.4 is 11.1 Å². The van der Waals surface area contributed by atoms with Crippen molar-refractivity contribution < 1.29 is 4.79 Å². The molecule has 0 aromatic heterocycles. The Balaban J connectivity index is 1.94. The summed E-state index contributed by atoms with van der Waals surface area (Å²) in [4.78, 5) is 12.1. The Morgan fingerprint density at radius 2 is 2.06 bits per heavy atom. The number of rotatable bonds is 3. The van der Waals surface area contributed by atoms with Crippen molar-refractivity contribution in [1.29, 1.82) is 0 Å². The van der Waals surface area contributed by atoms with Crippen molar-refractivity contribution in [2.45, 2.75) is 43.6 Å². The van der Waals surface area contributed by atoms with Crippen molar-refractivity contribution in [1.82, 2.24) is 5.32 Å². The highest BCUT2D eigenvalue weighted by atomic mass is 35.5. The molecule has 0 bridgehead atoms. The van der Waals surface area contributed by atoms with Crippen LogP contribution in [0.1, 0.15) is 41.6 Å². The van der Waals surface area contributed by atoms with E-state index >= 15 is 0 Å². The fourth-order valence-electron chi connectivity index (χ4n) is 2.33. The topological polar surface area (TPSA) is 55.1 Å². The van der Waals surface area contributed by atoms with Gasteiger partial charge in [0.25, 0.3) is 5.91 Å². The van der Waals surface area contributed by atoms with Crippen molar-refractivity contribution in [3.63, 3.8) is 0 Å². The van der Waals surface area contributed by atoms with Crippen molar-refractivity contribution in [3.8, 4) is 0 Å². The molecule has 1 aliphatic carbocycles. The number of halogens is 1. The SMILES string of the molecule is NC1CCC(NC(=O)c2cccc(CCl)c2)CC1. The standard InChI is InChI=1S/C14H19ClN2O/c15-9-10-2-1-3-11(8-10)14(18)17-13-6-4-12(16)5-7-13/h1-3,8,12-13H,4-7,9,16H2,(H,17,18). The largest absolute Gasteiger partial charge is 0.349 e. The average Bonchev–Trinajstić information content (AvgIpc) is 2.41. The first-order valence-electron chi connectivity index (χ1n) is 6.40. The highest BCUT2D eigenvalue weighted by molar-refractivity contribution is 6.17. The third-order valence-corrected chi connectivity index (χ3v) is 3.76. The smallest absolute Gasteiger partial charge is 0.251 e. The lowest BCUT2D eigenvalue weighted by Gasteiger charge is -2.26. The molecule has 0 radical (unpaired) electrons. The van der Waals surface area contributed by atoms with Crippen LogP contribution in [0.5, 0.6) is 0 Å². The Bertz CT molecular complexity index is 414. The second kappa shape index (κ2) is 6.21. The maximum absolute atomic E-state index is 12.1. The zero-order chi connectivity index (χ0) is 13.0. The summed E-state index contributed by atoms with van der Waals surface area (Å²) in [6, 6.07) is 8.01. The fraction of sp³-hybridized carbons (Fsp3) is 0.500. The summed E-state index contributed by atoms with van der Waals surface area (Å²) in [5, 5.41) is 3.07. The van der Waals surface area contributed by atoms with Crippen LogP contribution in [0.4, 0.5) is 0 Å². The van der Waals surface area contributed by atoms with Gasteiger partial charge in [-0.15, -0.1) is 11.6 Å². The Morgan fingerprint density at radius 3 is 2.72 bits per heavy atom. The van der Waals surface area contributed by atoms with Crippen LogP contribution in [0, 0.1) is 0 Å².